The first-order valence-electron chi connectivity index (χ1n) is 5.82. The van der Waals surface area contributed by atoms with Crippen molar-refractivity contribution >= 4 is 18.4 Å². The molecule has 0 N–H and O–H groups in total. The van der Waals surface area contributed by atoms with Gasteiger partial charge in [-0.3, -0.25) is 0 Å². The summed E-state index contributed by atoms with van der Waals surface area (Å²) in [6.45, 7) is -0.642. The minimum Gasteiger partial charge on any atom is -0.445 e. The van der Waals surface area contributed by atoms with E-state index in [-0.39, 0.29) is 57.9 Å². The molecule has 0 bridgehead atoms. The Morgan fingerprint density at radius 3 is 2.37 bits per heavy atom. The molecule has 19 heavy (non-hydrogen) atoms. The van der Waals surface area contributed by atoms with Crippen molar-refractivity contribution in [1.82, 2.24) is 0 Å². The van der Waals surface area contributed by atoms with Crippen LogP contribution in [0.2, 0.25) is 0 Å². The predicted molar refractivity (Wildman–Crippen MR) is 70.1 cm³/mol. The Kier molecular flexibility index (Phi) is 6.00. The molecule has 2 nitrogen and oxygen atoms in total. The van der Waals surface area contributed by atoms with E-state index in [0.29, 0.717) is 6.54 Å². The Labute approximate surface area is 154 Å². The normalized spacial score (nSPS) is 14.7. The zero-order valence-electron chi connectivity index (χ0n) is 11.2. The fourth-order valence-electron chi connectivity index (χ4n) is 2.08. The molecule has 7 heteroatoms. The van der Waals surface area contributed by atoms with Crippen LogP contribution >= 0.6 is 0 Å². The largest absolute Gasteiger partial charge is 1.00 e. The Balaban J connectivity index is 0.00000180. The summed E-state index contributed by atoms with van der Waals surface area (Å²) < 4.78 is 37.7. The number of benzene rings is 1. The fraction of sp³-hybridized carbons (Fsp3) is 0.333. The van der Waals surface area contributed by atoms with E-state index in [1.54, 1.807) is 4.90 Å². The van der Waals surface area contributed by atoms with Crippen LogP contribution in [0.1, 0.15) is 0 Å². The number of hydrogen-bond donors (Lipinski definition) is 0. The number of halogens is 3. The average molecular weight is 294 g/mol. The quantitative estimate of drug-likeness (QED) is 0.718. The number of para-hydroxylation sites is 2. The van der Waals surface area contributed by atoms with Gasteiger partial charge >= 0.3 is 58.4 Å². The Morgan fingerprint density at radius 2 is 1.79 bits per heavy atom. The minimum atomic E-state index is -4.96. The van der Waals surface area contributed by atoms with E-state index in [9.17, 15) is 12.9 Å². The number of fused-ring (bicyclic) bond motifs is 1. The van der Waals surface area contributed by atoms with Crippen LogP contribution in [-0.2, 0) is 0 Å². The number of hydrogen-bond acceptors (Lipinski definition) is 2. The second-order valence-electron chi connectivity index (χ2n) is 4.56. The number of rotatable bonds is 3. The van der Waals surface area contributed by atoms with E-state index in [1.165, 1.54) is 0 Å². The van der Waals surface area contributed by atoms with Crippen LogP contribution in [0.4, 0.5) is 24.3 Å². The summed E-state index contributed by atoms with van der Waals surface area (Å²) in [6.07, 6.45) is 0. The maximum Gasteiger partial charge on any atom is 1.00 e. The second kappa shape index (κ2) is 6.67. The van der Waals surface area contributed by atoms with Crippen LogP contribution in [0, 0.1) is 0 Å². The third-order valence-electron chi connectivity index (χ3n) is 3.20. The van der Waals surface area contributed by atoms with Gasteiger partial charge in [-0.1, -0.05) is 12.1 Å². The molecule has 0 saturated carbocycles. The topological polar surface area (TPSA) is 6.48 Å². The summed E-state index contributed by atoms with van der Waals surface area (Å²) in [4.78, 5) is 3.79. The van der Waals surface area contributed by atoms with Gasteiger partial charge in [0.15, 0.2) is 0 Å². The van der Waals surface area contributed by atoms with Gasteiger partial charge in [0.1, 0.15) is 0 Å². The molecule has 1 aromatic carbocycles. The SMILES string of the molecule is C=C(CN1CCN(C)c2ccccc21)[B-](F)(F)F.[K+]. The summed E-state index contributed by atoms with van der Waals surface area (Å²) in [7, 11) is 1.94. The maximum absolute atomic E-state index is 12.6. The smallest absolute Gasteiger partial charge is 0.445 e. The molecular formula is C12H15BF3KN2. The van der Waals surface area contributed by atoms with Crippen molar-refractivity contribution in [1.29, 1.82) is 0 Å². The fourth-order valence-corrected chi connectivity index (χ4v) is 2.08. The molecule has 0 fully saturated rings. The van der Waals surface area contributed by atoms with E-state index in [1.807, 2.05) is 36.2 Å². The van der Waals surface area contributed by atoms with Gasteiger partial charge < -0.3 is 22.7 Å². The van der Waals surface area contributed by atoms with Gasteiger partial charge in [0.25, 0.3) is 0 Å². The molecule has 0 atom stereocenters. The van der Waals surface area contributed by atoms with Gasteiger partial charge in [-0.05, 0) is 12.1 Å². The van der Waals surface area contributed by atoms with Gasteiger partial charge in [0.2, 0.25) is 0 Å². The monoisotopic (exact) mass is 294 g/mol. The zero-order chi connectivity index (χ0) is 13.3. The van der Waals surface area contributed by atoms with Crippen LogP contribution in [-0.4, -0.2) is 33.7 Å². The number of nitrogens with zero attached hydrogens (tertiary/aromatic N) is 2. The van der Waals surface area contributed by atoms with Crippen molar-refractivity contribution in [2.45, 2.75) is 0 Å². The summed E-state index contributed by atoms with van der Waals surface area (Å²) >= 11 is 0. The van der Waals surface area contributed by atoms with Crippen LogP contribution in [0.5, 0.6) is 0 Å². The maximum atomic E-state index is 12.6. The van der Waals surface area contributed by atoms with Gasteiger partial charge in [0, 0.05) is 26.7 Å². The van der Waals surface area contributed by atoms with E-state index in [2.05, 4.69) is 6.58 Å². The zero-order valence-corrected chi connectivity index (χ0v) is 14.4. The molecule has 0 unspecified atom stereocenters. The Morgan fingerprint density at radius 1 is 1.21 bits per heavy atom. The standard InChI is InChI=1S/C12H15BF3N2.K/c1-10(13(14,15)16)9-18-8-7-17(2)11-5-3-4-6-12(11)18;/h3-6H,1,7-9H2,2H3;/q-1;+1. The van der Waals surface area contributed by atoms with Gasteiger partial charge in [-0.2, -0.15) is 0 Å². The molecule has 1 heterocycles. The second-order valence-corrected chi connectivity index (χ2v) is 4.56. The molecule has 0 amide bonds. The Bertz CT molecular complexity index is 465. The molecule has 2 rings (SSSR count). The first kappa shape index (κ1) is 17.1. The number of anilines is 2. The molecular weight excluding hydrogens is 279 g/mol. The van der Waals surface area contributed by atoms with E-state index in [0.717, 1.165) is 17.9 Å². The minimum absolute atomic E-state index is 0. The molecule has 0 saturated heterocycles. The molecule has 1 aromatic rings. The van der Waals surface area contributed by atoms with E-state index >= 15 is 0 Å². The third-order valence-corrected chi connectivity index (χ3v) is 3.20. The van der Waals surface area contributed by atoms with Crippen LogP contribution < -0.4 is 61.2 Å². The molecule has 0 aliphatic carbocycles. The average Bonchev–Trinajstić information content (AvgIpc) is 2.32. The summed E-state index contributed by atoms with van der Waals surface area (Å²) in [5.41, 5.74) is 1.16. The van der Waals surface area contributed by atoms with Crippen LogP contribution in [0.15, 0.2) is 36.3 Å². The van der Waals surface area contributed by atoms with Crippen LogP contribution in [0.3, 0.4) is 0 Å². The van der Waals surface area contributed by atoms with E-state index < -0.39 is 12.4 Å². The van der Waals surface area contributed by atoms with Crippen molar-refractivity contribution in [3.8, 4) is 0 Å². The summed E-state index contributed by atoms with van der Waals surface area (Å²) in [5, 5.41) is 0. The molecule has 1 aliphatic rings. The van der Waals surface area contributed by atoms with Gasteiger partial charge in [-0.25, -0.2) is 0 Å². The predicted octanol–water partition coefficient (Wildman–Crippen LogP) is -0.110. The number of likely N-dealkylation sites (N-methyl/N-ethyl adjacent to an activating group) is 1. The Hall–Kier alpha value is 0.0513. The molecule has 1 aliphatic heterocycles. The molecule has 98 valence electrons. The summed E-state index contributed by atoms with van der Waals surface area (Å²) in [6, 6.07) is 7.50. The van der Waals surface area contributed by atoms with Crippen molar-refractivity contribution in [3.05, 3.63) is 36.3 Å². The van der Waals surface area contributed by atoms with Gasteiger partial charge in [0.05, 0.1) is 11.4 Å². The summed E-state index contributed by atoms with van der Waals surface area (Å²) in [5.74, 6) is 0. The van der Waals surface area contributed by atoms with Crippen molar-refractivity contribution in [2.24, 2.45) is 0 Å². The molecule has 0 radical (unpaired) electrons. The first-order chi connectivity index (χ1) is 8.39. The molecule has 0 aromatic heterocycles. The van der Waals surface area contributed by atoms with E-state index in [4.69, 9.17) is 0 Å². The first-order valence-corrected chi connectivity index (χ1v) is 5.82. The van der Waals surface area contributed by atoms with Gasteiger partial charge in [-0.15, -0.1) is 12.1 Å². The van der Waals surface area contributed by atoms with Crippen LogP contribution in [0.25, 0.3) is 0 Å². The third kappa shape index (κ3) is 4.01. The molecule has 0 spiro atoms. The van der Waals surface area contributed by atoms with Crippen molar-refractivity contribution in [3.63, 3.8) is 0 Å². The van der Waals surface area contributed by atoms with Crippen molar-refractivity contribution in [2.75, 3.05) is 36.5 Å². The van der Waals surface area contributed by atoms with Crippen molar-refractivity contribution < 1.29 is 64.3 Å².